The number of esters is 1. The minimum Gasteiger partial charge on any atom is -0.486 e. The molecule has 0 N–H and O–H groups in total. The fraction of sp³-hybridized carbons (Fsp3) is 0.304. The van der Waals surface area contributed by atoms with Gasteiger partial charge in [0.05, 0.1) is 12.3 Å². The van der Waals surface area contributed by atoms with Crippen molar-refractivity contribution in [2.75, 3.05) is 26.4 Å². The highest BCUT2D eigenvalue weighted by Gasteiger charge is 2.14. The van der Waals surface area contributed by atoms with Gasteiger partial charge in [0.25, 0.3) is 0 Å². The molecular formula is C23H23NO6S. The van der Waals surface area contributed by atoms with Crippen molar-refractivity contribution in [2.45, 2.75) is 20.5 Å². The Hall–Kier alpha value is -3.26. The molecule has 7 nitrogen and oxygen atoms in total. The highest BCUT2D eigenvalue weighted by molar-refractivity contribution is 7.09. The van der Waals surface area contributed by atoms with Crippen LogP contribution in [0.5, 0.6) is 23.0 Å². The zero-order valence-corrected chi connectivity index (χ0v) is 18.2. The first-order valence-electron chi connectivity index (χ1n) is 9.98. The van der Waals surface area contributed by atoms with Crippen LogP contribution in [0.4, 0.5) is 0 Å². The summed E-state index contributed by atoms with van der Waals surface area (Å²) in [5.41, 5.74) is 2.73. The van der Waals surface area contributed by atoms with E-state index in [9.17, 15) is 4.79 Å². The van der Waals surface area contributed by atoms with Crippen LogP contribution in [0.25, 0.3) is 11.3 Å². The summed E-state index contributed by atoms with van der Waals surface area (Å²) in [6.07, 6.45) is 0. The van der Waals surface area contributed by atoms with Crippen molar-refractivity contribution in [1.82, 2.24) is 4.98 Å². The van der Waals surface area contributed by atoms with E-state index in [0.29, 0.717) is 37.9 Å². The summed E-state index contributed by atoms with van der Waals surface area (Å²) in [5.74, 6) is 2.45. The monoisotopic (exact) mass is 441 g/mol. The van der Waals surface area contributed by atoms with Crippen LogP contribution in [-0.2, 0) is 16.1 Å². The topological polar surface area (TPSA) is 76.1 Å². The average molecular weight is 442 g/mol. The third-order valence-corrected chi connectivity index (χ3v) is 5.37. The number of carbonyl (C=O) groups excluding carboxylic acids is 1. The number of ether oxygens (including phenoxy) is 5. The van der Waals surface area contributed by atoms with Crippen molar-refractivity contribution in [3.05, 3.63) is 52.3 Å². The smallest absolute Gasteiger partial charge is 0.344 e. The highest BCUT2D eigenvalue weighted by atomic mass is 32.1. The number of hydrogen-bond donors (Lipinski definition) is 0. The first-order valence-corrected chi connectivity index (χ1v) is 10.9. The Morgan fingerprint density at radius 3 is 2.74 bits per heavy atom. The lowest BCUT2D eigenvalue weighted by atomic mass is 10.1. The minimum atomic E-state index is -0.389. The van der Waals surface area contributed by atoms with Gasteiger partial charge in [0.1, 0.15) is 36.3 Å². The normalized spacial score (nSPS) is 12.3. The molecule has 0 saturated carbocycles. The van der Waals surface area contributed by atoms with Crippen LogP contribution in [0, 0.1) is 6.92 Å². The van der Waals surface area contributed by atoms with Crippen LogP contribution in [-0.4, -0.2) is 37.4 Å². The number of aromatic nitrogens is 1. The quantitative estimate of drug-likeness (QED) is 0.479. The Balaban J connectivity index is 1.35. The van der Waals surface area contributed by atoms with Gasteiger partial charge in [0, 0.05) is 10.9 Å². The molecule has 4 rings (SSSR count). The van der Waals surface area contributed by atoms with Crippen molar-refractivity contribution in [3.8, 4) is 34.3 Å². The molecular weight excluding hydrogens is 418 g/mol. The molecule has 162 valence electrons. The van der Waals surface area contributed by atoms with Crippen LogP contribution < -0.4 is 18.9 Å². The van der Waals surface area contributed by atoms with Crippen LogP contribution in [0.1, 0.15) is 17.5 Å². The lowest BCUT2D eigenvalue weighted by Crippen LogP contribution is -2.15. The lowest BCUT2D eigenvalue weighted by Gasteiger charge is -2.18. The Labute approximate surface area is 184 Å². The van der Waals surface area contributed by atoms with Gasteiger partial charge in [-0.25, -0.2) is 9.78 Å². The molecule has 0 atom stereocenters. The van der Waals surface area contributed by atoms with Crippen molar-refractivity contribution >= 4 is 17.3 Å². The van der Waals surface area contributed by atoms with E-state index in [-0.39, 0.29) is 12.6 Å². The second kappa shape index (κ2) is 9.70. The molecule has 1 aliphatic heterocycles. The van der Waals surface area contributed by atoms with Crippen molar-refractivity contribution in [3.63, 3.8) is 0 Å². The van der Waals surface area contributed by atoms with E-state index in [1.165, 1.54) is 0 Å². The van der Waals surface area contributed by atoms with E-state index in [1.807, 2.05) is 42.6 Å². The first kappa shape index (κ1) is 21.0. The summed E-state index contributed by atoms with van der Waals surface area (Å²) in [7, 11) is 0. The maximum absolute atomic E-state index is 11.4. The number of fused-ring (bicyclic) bond motifs is 1. The minimum absolute atomic E-state index is 0.114. The van der Waals surface area contributed by atoms with Gasteiger partial charge in [-0.05, 0) is 55.8 Å². The summed E-state index contributed by atoms with van der Waals surface area (Å²) in [6.45, 7) is 5.37. The van der Waals surface area contributed by atoms with E-state index in [4.69, 9.17) is 23.7 Å². The summed E-state index contributed by atoms with van der Waals surface area (Å²) in [4.78, 5) is 16.1. The third-order valence-electron chi connectivity index (χ3n) is 4.55. The number of hydrogen-bond acceptors (Lipinski definition) is 8. The zero-order chi connectivity index (χ0) is 21.6. The summed E-state index contributed by atoms with van der Waals surface area (Å²) >= 11 is 1.54. The molecule has 0 amide bonds. The molecule has 1 aromatic heterocycles. The number of aryl methyl sites for hydroxylation is 1. The molecule has 2 aromatic carbocycles. The van der Waals surface area contributed by atoms with Gasteiger partial charge >= 0.3 is 5.97 Å². The van der Waals surface area contributed by atoms with E-state index >= 15 is 0 Å². The average Bonchev–Trinajstić information content (AvgIpc) is 3.26. The molecule has 2 heterocycles. The van der Waals surface area contributed by atoms with Crippen LogP contribution in [0.15, 0.2) is 41.8 Å². The zero-order valence-electron chi connectivity index (χ0n) is 17.4. The van der Waals surface area contributed by atoms with E-state index < -0.39 is 0 Å². The Morgan fingerprint density at radius 1 is 1.10 bits per heavy atom. The third kappa shape index (κ3) is 5.27. The number of benzene rings is 2. The molecule has 0 spiro atoms. The van der Waals surface area contributed by atoms with E-state index in [2.05, 4.69) is 4.98 Å². The fourth-order valence-electron chi connectivity index (χ4n) is 3.07. The molecule has 0 fully saturated rings. The van der Waals surface area contributed by atoms with Gasteiger partial charge in [0.15, 0.2) is 18.1 Å². The Kier molecular flexibility index (Phi) is 6.57. The van der Waals surface area contributed by atoms with Crippen molar-refractivity contribution in [1.29, 1.82) is 0 Å². The molecule has 0 unspecified atom stereocenters. The number of nitrogens with zero attached hydrogens (tertiary/aromatic N) is 1. The maximum Gasteiger partial charge on any atom is 0.344 e. The van der Waals surface area contributed by atoms with Crippen molar-refractivity contribution < 1.29 is 28.5 Å². The van der Waals surface area contributed by atoms with Gasteiger partial charge < -0.3 is 23.7 Å². The molecule has 0 radical (unpaired) electrons. The predicted molar refractivity (Wildman–Crippen MR) is 116 cm³/mol. The molecule has 1 aliphatic rings. The number of thiazole rings is 1. The fourth-order valence-corrected chi connectivity index (χ4v) is 3.78. The van der Waals surface area contributed by atoms with Crippen molar-refractivity contribution in [2.24, 2.45) is 0 Å². The van der Waals surface area contributed by atoms with Gasteiger partial charge in [-0.15, -0.1) is 11.3 Å². The molecule has 31 heavy (non-hydrogen) atoms. The second-order valence-electron chi connectivity index (χ2n) is 6.79. The lowest BCUT2D eigenvalue weighted by molar-refractivity contribution is -0.145. The molecule has 0 bridgehead atoms. The predicted octanol–water partition coefficient (Wildman–Crippen LogP) is 4.41. The van der Waals surface area contributed by atoms with Gasteiger partial charge in [-0.2, -0.15) is 0 Å². The Bertz CT molecular complexity index is 1060. The Morgan fingerprint density at radius 2 is 1.94 bits per heavy atom. The van der Waals surface area contributed by atoms with Gasteiger partial charge in [-0.3, -0.25) is 0 Å². The largest absolute Gasteiger partial charge is 0.486 e. The highest BCUT2D eigenvalue weighted by Crippen LogP contribution is 2.35. The molecule has 3 aromatic rings. The summed E-state index contributed by atoms with van der Waals surface area (Å²) in [6, 6.07) is 11.3. The SMILES string of the molecule is CCOC(=O)COc1ccc(OCc2nc(-c3ccc4c(c3)OCCO4)cs2)cc1C. The number of carbonyl (C=O) groups is 1. The maximum atomic E-state index is 11.4. The molecule has 0 saturated heterocycles. The van der Waals surface area contributed by atoms with E-state index in [1.54, 1.807) is 24.3 Å². The molecule has 8 heteroatoms. The van der Waals surface area contributed by atoms with Crippen LogP contribution in [0.3, 0.4) is 0 Å². The standard InChI is InChI=1S/C23H23NO6S/c1-3-26-23(25)13-30-19-7-5-17(10-15(19)2)29-12-22-24-18(14-31-22)16-4-6-20-21(11-16)28-9-8-27-20/h4-7,10-11,14H,3,8-9,12-13H2,1-2H3. The van der Waals surface area contributed by atoms with E-state index in [0.717, 1.165) is 33.3 Å². The van der Waals surface area contributed by atoms with Gasteiger partial charge in [0.2, 0.25) is 0 Å². The molecule has 0 aliphatic carbocycles. The first-order chi connectivity index (χ1) is 15.1. The van der Waals surface area contributed by atoms with Gasteiger partial charge in [-0.1, -0.05) is 0 Å². The second-order valence-corrected chi connectivity index (χ2v) is 7.74. The van der Waals surface area contributed by atoms with Crippen LogP contribution in [0.2, 0.25) is 0 Å². The number of rotatable bonds is 8. The summed E-state index contributed by atoms with van der Waals surface area (Å²) < 4.78 is 27.5. The van der Waals surface area contributed by atoms with Crippen LogP contribution >= 0.6 is 11.3 Å². The summed E-state index contributed by atoms with van der Waals surface area (Å²) in [5, 5.41) is 2.87.